The van der Waals surface area contributed by atoms with Gasteiger partial charge in [-0.15, -0.1) is 44.8 Å². The van der Waals surface area contributed by atoms with Crippen LogP contribution in [0, 0.1) is 0 Å². The molecule has 16 aromatic carbocycles. The van der Waals surface area contributed by atoms with Gasteiger partial charge in [-0.3, -0.25) is 0 Å². The van der Waals surface area contributed by atoms with Crippen LogP contribution in [0.25, 0.3) is 152 Å². The van der Waals surface area contributed by atoms with E-state index in [9.17, 15) is 0 Å². The maximum atomic E-state index is 2.46. The van der Waals surface area contributed by atoms with E-state index in [0.29, 0.717) is 0 Å². The Hall–Kier alpha value is -7.94. The van der Waals surface area contributed by atoms with E-state index in [1.165, 1.54) is 163 Å². The van der Waals surface area contributed by atoms with Crippen molar-refractivity contribution in [3.8, 4) is 44.5 Å². The van der Waals surface area contributed by atoms with Crippen molar-refractivity contribution in [1.82, 2.24) is 0 Å². The molecule has 16 rings (SSSR count). The van der Waals surface area contributed by atoms with Crippen molar-refractivity contribution in [2.75, 3.05) is 0 Å². The minimum atomic E-state index is 0. The molecule has 0 aliphatic rings. The summed E-state index contributed by atoms with van der Waals surface area (Å²) in [6.45, 7) is 9.16. The van der Waals surface area contributed by atoms with Gasteiger partial charge in [0.25, 0.3) is 0 Å². The molecule has 0 saturated heterocycles. The molecule has 0 fully saturated rings. The fraction of sp³-hybridized carbons (Fsp3) is 0.0976. The molecule has 0 nitrogen and oxygen atoms in total. The van der Waals surface area contributed by atoms with Gasteiger partial charge in [-0.25, -0.2) is 0 Å². The van der Waals surface area contributed by atoms with Gasteiger partial charge in [-0.05, 0) is 146 Å². The topological polar surface area (TPSA) is 0 Å². The third-order valence-electron chi connectivity index (χ3n) is 17.1. The number of aryl methyl sites for hydroxylation is 2. The van der Waals surface area contributed by atoms with Gasteiger partial charge in [0.1, 0.15) is 0 Å². The molecule has 0 amide bonds. The van der Waals surface area contributed by atoms with Gasteiger partial charge in [0.15, 0.2) is 0 Å². The Morgan fingerprint density at radius 3 is 0.698 bits per heavy atom. The van der Waals surface area contributed by atoms with Crippen LogP contribution >= 0.6 is 0 Å². The van der Waals surface area contributed by atoms with E-state index in [1.54, 1.807) is 23.3 Å². The first-order valence-electron chi connectivity index (χ1n) is 29.9. The van der Waals surface area contributed by atoms with Crippen LogP contribution in [0.3, 0.4) is 0 Å². The molecule has 0 spiro atoms. The summed E-state index contributed by atoms with van der Waals surface area (Å²) in [5.41, 5.74) is 13.7. The smallest absolute Gasteiger partial charge is 1.00 e. The van der Waals surface area contributed by atoms with Crippen molar-refractivity contribution in [2.45, 2.75) is 52.6 Å². The number of benzene rings is 14. The molecule has 0 radical (unpaired) electrons. The molecular weight excluding hydrogens is 1180 g/mol. The average Bonchev–Trinajstić information content (AvgIpc) is 1.46. The van der Waals surface area contributed by atoms with Crippen molar-refractivity contribution in [1.29, 1.82) is 0 Å². The minimum absolute atomic E-state index is 0. The minimum Gasteiger partial charge on any atom is -1.00 e. The maximum Gasteiger partial charge on any atom is -1.00 e. The molecule has 416 valence electrons. The van der Waals surface area contributed by atoms with Crippen LogP contribution in [0.1, 0.15) is 37.8 Å². The van der Waals surface area contributed by atoms with Gasteiger partial charge in [0, 0.05) is 0 Å². The molecule has 86 heavy (non-hydrogen) atoms. The monoisotopic (exact) mass is 1240 g/mol. The van der Waals surface area contributed by atoms with Crippen molar-refractivity contribution in [3.05, 3.63) is 278 Å². The second-order valence-electron chi connectivity index (χ2n) is 23.0. The molecule has 0 N–H and O–H groups in total. The average molecular weight is 1240 g/mol. The predicted octanol–water partition coefficient (Wildman–Crippen LogP) is 17.7. The molecule has 0 saturated carbocycles. The van der Waals surface area contributed by atoms with Crippen LogP contribution in [-0.4, -0.2) is 5.43 Å². The molecule has 0 aromatic heterocycles. The standard InChI is InChI=1S/2C40H29.C2H6Si.2ClH.Zr/c2*1-2-11-26-22-37-35(39-31-16-7-3-12-27(31)24-28-13-4-8-17-32(28)39)20-21-36(38(37)23-26)40-33-18-9-5-14-29(33)25-30-15-6-10-19-34(30)40;1-3-2;;;/h2*3-10,12-25H,2,11H2,1H3;1-2H3;2*1H;/q2*-1;;;;+2/p-2. The molecule has 0 atom stereocenters. The Bertz CT molecular complexity index is 4380. The van der Waals surface area contributed by atoms with E-state index in [0.717, 1.165) is 25.7 Å². The zero-order valence-electron chi connectivity index (χ0n) is 49.0. The van der Waals surface area contributed by atoms with E-state index in [1.807, 2.05) is 0 Å². The Labute approximate surface area is 532 Å². The van der Waals surface area contributed by atoms with Crippen molar-refractivity contribution >= 4 is 113 Å². The largest absolute Gasteiger partial charge is 1.00 e. The van der Waals surface area contributed by atoms with E-state index in [2.05, 4.69) is 294 Å². The second-order valence-corrected chi connectivity index (χ2v) is 32.4. The van der Waals surface area contributed by atoms with Crippen molar-refractivity contribution in [2.24, 2.45) is 0 Å². The summed E-state index contributed by atoms with van der Waals surface area (Å²) >= 11 is 1.74. The summed E-state index contributed by atoms with van der Waals surface area (Å²) in [4.78, 5) is 0. The number of rotatable bonds is 8. The normalized spacial score (nSPS) is 11.3. The van der Waals surface area contributed by atoms with Crippen LogP contribution in [0.2, 0.25) is 13.1 Å². The molecule has 0 bridgehead atoms. The molecule has 0 heterocycles. The summed E-state index contributed by atoms with van der Waals surface area (Å²) < 4.78 is 0. The SMILES string of the molecule is CCCc1cc2c(-c3c4ccccc4cc4ccccc34)ccc(-c3c4ccccc4cc4ccccc34)c2[cH-]1.CCCc1cc2c(-c3c4ccccc4cc4ccccc34)ccc(-c3c4ccccc4cc4ccccc34)c2[cH-]1.C[Si](C)=[Zr+2].[Cl-].[Cl-]. The number of fused-ring (bicyclic) bond motifs is 10. The zero-order chi connectivity index (χ0) is 56.8. The van der Waals surface area contributed by atoms with Crippen LogP contribution in [0.4, 0.5) is 0 Å². The van der Waals surface area contributed by atoms with Gasteiger partial charge >= 0.3 is 41.9 Å². The molecule has 16 aromatic rings. The Balaban J connectivity index is 0.000000155. The quantitative estimate of drug-likeness (QED) is 0.0808. The van der Waals surface area contributed by atoms with Crippen molar-refractivity contribution in [3.63, 3.8) is 0 Å². The Morgan fingerprint density at radius 1 is 0.279 bits per heavy atom. The first-order valence-corrected chi connectivity index (χ1v) is 36.1. The van der Waals surface area contributed by atoms with Crippen molar-refractivity contribution < 1.29 is 48.1 Å². The van der Waals surface area contributed by atoms with Gasteiger partial charge in [0.05, 0.1) is 0 Å². The van der Waals surface area contributed by atoms with Gasteiger partial charge in [-0.1, -0.05) is 267 Å². The summed E-state index contributed by atoms with van der Waals surface area (Å²) in [5.74, 6) is 0. The third-order valence-corrected chi connectivity index (χ3v) is 17.1. The first kappa shape index (κ1) is 58.4. The molecule has 0 aliphatic carbocycles. The van der Waals surface area contributed by atoms with Crippen LogP contribution < -0.4 is 24.8 Å². The van der Waals surface area contributed by atoms with Crippen LogP contribution in [0.15, 0.2) is 267 Å². The number of hydrogen-bond donors (Lipinski definition) is 0. The number of hydrogen-bond acceptors (Lipinski definition) is 0. The second kappa shape index (κ2) is 25.2. The molecule has 0 unspecified atom stereocenters. The fourth-order valence-electron chi connectivity index (χ4n) is 13.7. The molecule has 4 heteroatoms. The molecule has 0 aliphatic heterocycles. The van der Waals surface area contributed by atoms with E-state index >= 15 is 0 Å². The van der Waals surface area contributed by atoms with E-state index < -0.39 is 0 Å². The zero-order valence-corrected chi connectivity index (χ0v) is 54.0. The van der Waals surface area contributed by atoms with Crippen LogP contribution in [0.5, 0.6) is 0 Å². The summed E-state index contributed by atoms with van der Waals surface area (Å²) in [6.07, 6.45) is 4.44. The van der Waals surface area contributed by atoms with Crippen LogP contribution in [-0.2, 0) is 36.2 Å². The fourth-order valence-corrected chi connectivity index (χ4v) is 13.7. The van der Waals surface area contributed by atoms with Gasteiger partial charge in [-0.2, -0.15) is 12.1 Å². The van der Waals surface area contributed by atoms with E-state index in [-0.39, 0.29) is 30.2 Å². The van der Waals surface area contributed by atoms with Gasteiger partial charge in [0.2, 0.25) is 0 Å². The summed E-state index contributed by atoms with van der Waals surface area (Å²) in [5, 5.41) is 26.1. The summed E-state index contributed by atoms with van der Waals surface area (Å²) in [7, 11) is 0. The summed E-state index contributed by atoms with van der Waals surface area (Å²) in [6, 6.07) is 99.4. The number of halogens is 2. The Morgan fingerprint density at radius 2 is 0.477 bits per heavy atom. The van der Waals surface area contributed by atoms with E-state index in [4.69, 9.17) is 0 Å². The predicted molar refractivity (Wildman–Crippen MR) is 366 cm³/mol. The Kier molecular flexibility index (Phi) is 17.1. The third kappa shape index (κ3) is 10.7. The molecular formula is C82H64Cl2SiZr-2. The first-order chi connectivity index (χ1) is 41.3. The maximum absolute atomic E-state index is 2.46. The van der Waals surface area contributed by atoms with Gasteiger partial charge < -0.3 is 24.8 Å².